The molecule has 0 unspecified atom stereocenters. The molecule has 13 heterocycles. The molecule has 51 heteroatoms. The molecular formula is C82H119N21O29S. The van der Waals surface area contributed by atoms with E-state index in [-0.39, 0.29) is 161 Å². The molecule has 13 saturated heterocycles. The summed E-state index contributed by atoms with van der Waals surface area (Å²) >= 11 is 4.25. The highest BCUT2D eigenvalue weighted by molar-refractivity contribution is 7.80. The van der Waals surface area contributed by atoms with Crippen LogP contribution in [-0.4, -0.2) is 488 Å². The van der Waals surface area contributed by atoms with Crippen LogP contribution in [0.5, 0.6) is 0 Å². The highest BCUT2D eigenvalue weighted by Crippen LogP contribution is 2.34. The van der Waals surface area contributed by atoms with E-state index >= 15 is 0 Å². The number of β-amino-alcohol motifs (C(OH)–C–C–N with tert-alkyl or cyclic N) is 7. The summed E-state index contributed by atoms with van der Waals surface area (Å²) in [6, 6.07) is -16.6. The minimum absolute atomic E-state index is 0.0186. The van der Waals surface area contributed by atoms with Gasteiger partial charge in [0.25, 0.3) is 0 Å². The van der Waals surface area contributed by atoms with E-state index in [0.29, 0.717) is 45.1 Å². The first-order valence-corrected chi connectivity index (χ1v) is 46.2. The number of aliphatic carboxylic acids is 1. The zero-order valence-corrected chi connectivity index (χ0v) is 74.3. The van der Waals surface area contributed by atoms with Crippen molar-refractivity contribution in [2.45, 2.75) is 249 Å². The average Bonchev–Trinajstić information content (AvgIpc) is 1.67. The maximum atomic E-state index is 14.4. The van der Waals surface area contributed by atoms with Crippen LogP contribution in [0.2, 0.25) is 0 Å². The van der Waals surface area contributed by atoms with Gasteiger partial charge in [-0.05, 0) is 83.6 Å². The third kappa shape index (κ3) is 22.6. The number of nitrogens with zero attached hydrogens (tertiary/aromatic N) is 12. The predicted molar refractivity (Wildman–Crippen MR) is 452 cm³/mol. The van der Waals surface area contributed by atoms with E-state index in [0.717, 1.165) is 35.8 Å². The van der Waals surface area contributed by atoms with Crippen LogP contribution >= 0.6 is 12.6 Å². The lowest BCUT2D eigenvalue weighted by atomic mass is 10.1. The predicted octanol–water partition coefficient (Wildman–Crippen LogP) is -14.3. The summed E-state index contributed by atoms with van der Waals surface area (Å²) in [6.45, 7) is -5.85. The van der Waals surface area contributed by atoms with Crippen molar-refractivity contribution >= 4 is 137 Å². The number of amides is 20. The highest BCUT2D eigenvalue weighted by atomic mass is 32.1. The van der Waals surface area contributed by atoms with E-state index in [2.05, 4.69) is 60.5 Å². The van der Waals surface area contributed by atoms with Crippen molar-refractivity contribution in [2.75, 3.05) is 137 Å². The Morgan fingerprint density at radius 1 is 0.278 bits per heavy atom. The minimum Gasteiger partial charge on any atom is -0.480 e. The molecule has 0 spiro atoms. The molecule has 21 atom stereocenters. The van der Waals surface area contributed by atoms with Crippen molar-refractivity contribution in [2.24, 2.45) is 0 Å². The first kappa shape index (κ1) is 99.4. The van der Waals surface area contributed by atoms with Gasteiger partial charge in [-0.3, -0.25) is 101 Å². The van der Waals surface area contributed by atoms with Gasteiger partial charge in [0.2, 0.25) is 118 Å². The van der Waals surface area contributed by atoms with Crippen LogP contribution in [0.4, 0.5) is 0 Å². The fraction of sp³-hybridized carbons (Fsp3) is 0.744. The van der Waals surface area contributed by atoms with Crippen molar-refractivity contribution in [3.05, 3.63) is 0 Å². The molecule has 732 valence electrons. The number of carboxylic acids is 1. The van der Waals surface area contributed by atoms with Crippen molar-refractivity contribution in [1.29, 1.82) is 0 Å². The van der Waals surface area contributed by atoms with Gasteiger partial charge in [0, 0.05) is 129 Å². The lowest BCUT2D eigenvalue weighted by molar-refractivity contribution is -0.148. The minimum atomic E-state index is -1.48. The maximum Gasteiger partial charge on any atom is 0.322 e. The SMILES string of the molecule is O=C(O)CNC(=O)[C@@H]1C[C@@H](O)CN1C(=O)[C@@H]1CCCN1C(=O)CNC(=O)[C@@H]1C[C@@H](O)CN1C(=O)[C@@H]1CCCN1C(=O)CNC(=O)[C@@H]1C[C@@H](O)CN1C(=O)[C@H](CS)NC(=O)CNC(=O)[C@@H]1C[C@@H](O)CN1C(=O)[C@@H]1CCCN1C(=O)CNC(=O)[C@@H]1C[C@@H](O)CN1C(=O)[C@@H]1CCCN1C(=O)CNC(=O)[C@@H]1C[C@@H](O)CN1C(=O)[C@@H]1CCCN1C(=O)CNC(=O)[C@@H]1C[C@@H](O)CN1C(=O)[C@@H]1CCCN1. The monoisotopic (exact) mass is 1890 g/mol. The molecule has 0 radical (unpaired) electrons. The van der Waals surface area contributed by atoms with Gasteiger partial charge in [0.15, 0.2) is 0 Å². The van der Waals surface area contributed by atoms with Gasteiger partial charge in [-0.2, -0.15) is 12.6 Å². The van der Waals surface area contributed by atoms with Gasteiger partial charge in [-0.1, -0.05) is 0 Å². The Balaban J connectivity index is 0.530. The molecular weight excluding hydrogens is 1780 g/mol. The van der Waals surface area contributed by atoms with Crippen LogP contribution in [0.25, 0.3) is 0 Å². The van der Waals surface area contributed by atoms with E-state index < -0.39 is 298 Å². The van der Waals surface area contributed by atoms with Crippen LogP contribution in [0.3, 0.4) is 0 Å². The number of likely N-dealkylation sites (tertiary alicyclic amines) is 12. The van der Waals surface area contributed by atoms with Gasteiger partial charge >= 0.3 is 5.97 Å². The fourth-order valence-electron chi connectivity index (χ4n) is 20.9. The van der Waals surface area contributed by atoms with Crippen LogP contribution < -0.4 is 47.9 Å². The standard InChI is InChI=1S/C82H119N21O29S/c104-41-19-55(97(33-41)76(126)48-7-1-13-83-48)70(120)85-27-63(112)93-15-3-9-51(93)79(129)100-36-44(107)22-58(100)73(123)88-30-66(115)95-17-5-11-53(95)81(131)102-38-46(109)24-60(102)72(122)87-29-65(114)92-14-2-8-50(92)78(128)99-35-43(106)21-57(99)69(119)84-26-62(111)91-49(40-133)77(127)98-34-42(105)20-56(98)71(121)86-28-64(113)94-16-4-10-52(94)80(130)101-37-45(108)23-59(101)74(124)89-31-67(116)96-18-6-12-54(96)82(132)103-39-47(110)25-61(103)75(125)90-32-68(117)118/h41-61,83,104-110,133H,1-40H2,(H,84,119)(H,85,120)(H,86,121)(H,87,122)(H,88,123)(H,89,124)(H,90,125)(H,91,111)(H,117,118)/t41-,42-,43-,44-,45-,46-,47-,48+,49+,50+,51+,52+,53+,54+,55+,56+,57+,58+,59+,60+,61+/m1/s1. The van der Waals surface area contributed by atoms with Crippen LogP contribution in [-0.2, 0) is 101 Å². The lowest BCUT2D eigenvalue weighted by Crippen LogP contribution is -2.57. The second-order valence-corrected chi connectivity index (χ2v) is 36.7. The Morgan fingerprint density at radius 3 is 0.737 bits per heavy atom. The van der Waals surface area contributed by atoms with E-state index in [1.54, 1.807) is 0 Å². The lowest BCUT2D eigenvalue weighted by Gasteiger charge is -2.32. The average molecular weight is 1900 g/mol. The number of carboxylic acid groups (broad SMARTS) is 1. The zero-order chi connectivity index (χ0) is 95.8. The molecule has 17 N–H and O–H groups in total. The smallest absolute Gasteiger partial charge is 0.322 e. The summed E-state index contributed by atoms with van der Waals surface area (Å²) in [5, 5.41) is 107. The Hall–Kier alpha value is -11.1. The first-order valence-electron chi connectivity index (χ1n) is 45.6. The molecule has 13 rings (SSSR count). The van der Waals surface area contributed by atoms with Gasteiger partial charge in [0.05, 0.1) is 88.0 Å². The number of nitrogens with one attached hydrogen (secondary N) is 9. The Bertz CT molecular complexity index is 4530. The summed E-state index contributed by atoms with van der Waals surface area (Å²) in [5.41, 5.74) is 0. The van der Waals surface area contributed by atoms with E-state index in [1.165, 1.54) is 29.4 Å². The quantitative estimate of drug-likeness (QED) is 0.0297. The van der Waals surface area contributed by atoms with Crippen LogP contribution in [0.1, 0.15) is 122 Å². The molecule has 0 aromatic rings. The number of aliphatic hydroxyl groups is 7. The molecule has 0 bridgehead atoms. The summed E-state index contributed by atoms with van der Waals surface area (Å²) in [4.78, 5) is 302. The second kappa shape index (κ2) is 43.5. The van der Waals surface area contributed by atoms with Crippen molar-refractivity contribution in [3.63, 3.8) is 0 Å². The number of aliphatic hydroxyl groups excluding tert-OH is 7. The third-order valence-electron chi connectivity index (χ3n) is 27.4. The summed E-state index contributed by atoms with van der Waals surface area (Å²) in [7, 11) is 0. The molecule has 13 aliphatic heterocycles. The molecule has 0 aromatic heterocycles. The van der Waals surface area contributed by atoms with Crippen molar-refractivity contribution < 1.29 is 142 Å². The maximum absolute atomic E-state index is 14.4. The zero-order valence-electron chi connectivity index (χ0n) is 73.4. The van der Waals surface area contributed by atoms with Gasteiger partial charge in [-0.15, -0.1) is 0 Å². The number of rotatable bonds is 30. The first-order chi connectivity index (χ1) is 63.4. The van der Waals surface area contributed by atoms with E-state index in [9.17, 15) is 136 Å². The molecule has 20 amide bonds. The topological polar surface area (TPSA) is 667 Å². The van der Waals surface area contributed by atoms with Crippen LogP contribution in [0.15, 0.2) is 0 Å². The second-order valence-electron chi connectivity index (χ2n) is 36.4. The molecule has 50 nitrogen and oxygen atoms in total. The van der Waals surface area contributed by atoms with Gasteiger partial charge in [0.1, 0.15) is 85.1 Å². The van der Waals surface area contributed by atoms with Gasteiger partial charge < -0.3 is 148 Å². The Kier molecular flexibility index (Phi) is 32.5. The Morgan fingerprint density at radius 2 is 0.504 bits per heavy atom. The largest absolute Gasteiger partial charge is 0.480 e. The molecule has 13 aliphatic rings. The number of thiol groups is 1. The molecule has 0 saturated carbocycles. The number of hydrogen-bond acceptors (Lipinski definition) is 30. The van der Waals surface area contributed by atoms with E-state index in [1.807, 2.05) is 0 Å². The number of carbonyl (C=O) groups excluding carboxylic acids is 20. The Labute approximate surface area is 767 Å². The molecule has 133 heavy (non-hydrogen) atoms. The third-order valence-corrected chi connectivity index (χ3v) is 27.8. The van der Waals surface area contributed by atoms with Crippen molar-refractivity contribution in [1.82, 2.24) is 107 Å². The summed E-state index contributed by atoms with van der Waals surface area (Å²) in [5.74, 6) is -16.7. The number of carbonyl (C=O) groups is 21. The molecule has 0 aromatic carbocycles. The van der Waals surface area contributed by atoms with Crippen molar-refractivity contribution in [3.8, 4) is 0 Å². The fourth-order valence-corrected chi connectivity index (χ4v) is 21.2. The normalized spacial score (nSPS) is 30.4. The molecule has 0 aliphatic carbocycles. The van der Waals surface area contributed by atoms with Gasteiger partial charge in [-0.25, -0.2) is 0 Å². The number of hydrogen-bond donors (Lipinski definition) is 18. The summed E-state index contributed by atoms with van der Waals surface area (Å²) < 4.78 is 0. The molecule has 13 fully saturated rings. The summed E-state index contributed by atoms with van der Waals surface area (Å²) in [6.07, 6.45) is -5.94. The highest BCUT2D eigenvalue weighted by Gasteiger charge is 2.54. The van der Waals surface area contributed by atoms with E-state index in [4.69, 9.17) is 5.11 Å². The van der Waals surface area contributed by atoms with Crippen LogP contribution in [0, 0.1) is 0 Å².